The van der Waals surface area contributed by atoms with Gasteiger partial charge in [-0.05, 0) is 24.1 Å². The third-order valence-corrected chi connectivity index (χ3v) is 4.27. The molecule has 0 unspecified atom stereocenters. The Bertz CT molecular complexity index is 1040. The molecule has 0 aliphatic heterocycles. The Kier molecular flexibility index (Phi) is 5.20. The Hall–Kier alpha value is -3.80. The van der Waals surface area contributed by atoms with Crippen molar-refractivity contribution in [3.8, 4) is 17.1 Å². The fourth-order valence-electron chi connectivity index (χ4n) is 2.82. The standard InChI is InChI=1S/C22H19N5O/c28-21(12-11-17-13-25-27(16-17)20-9-5-2-6-10-20)26-19-14-23-22(24-15-19)18-7-3-1-4-8-18/h1-10,13-16H,11-12H2,(H,26,28). The molecule has 0 atom stereocenters. The van der Waals surface area contributed by atoms with Gasteiger partial charge in [0, 0.05) is 18.2 Å². The molecule has 2 aromatic heterocycles. The van der Waals surface area contributed by atoms with E-state index in [1.807, 2.05) is 71.5 Å². The number of anilines is 1. The Balaban J connectivity index is 1.32. The van der Waals surface area contributed by atoms with Gasteiger partial charge >= 0.3 is 0 Å². The predicted octanol–water partition coefficient (Wildman–Crippen LogP) is 3.90. The molecule has 0 fully saturated rings. The van der Waals surface area contributed by atoms with Crippen molar-refractivity contribution < 1.29 is 4.79 Å². The van der Waals surface area contributed by atoms with E-state index in [1.54, 1.807) is 18.6 Å². The number of aryl methyl sites for hydroxylation is 1. The molecule has 138 valence electrons. The van der Waals surface area contributed by atoms with Gasteiger partial charge in [0.25, 0.3) is 0 Å². The number of nitrogens with zero attached hydrogens (tertiary/aromatic N) is 4. The molecule has 0 radical (unpaired) electrons. The zero-order valence-electron chi connectivity index (χ0n) is 15.2. The van der Waals surface area contributed by atoms with E-state index in [9.17, 15) is 4.79 Å². The summed E-state index contributed by atoms with van der Waals surface area (Å²) in [5, 5.41) is 7.19. The summed E-state index contributed by atoms with van der Waals surface area (Å²) < 4.78 is 1.81. The first-order valence-corrected chi connectivity index (χ1v) is 9.04. The molecule has 0 spiro atoms. The summed E-state index contributed by atoms with van der Waals surface area (Å²) in [4.78, 5) is 20.9. The summed E-state index contributed by atoms with van der Waals surface area (Å²) in [6.07, 6.45) is 7.96. The fourth-order valence-corrected chi connectivity index (χ4v) is 2.82. The lowest BCUT2D eigenvalue weighted by Crippen LogP contribution is -2.12. The number of rotatable bonds is 6. The topological polar surface area (TPSA) is 72.7 Å². The quantitative estimate of drug-likeness (QED) is 0.559. The maximum absolute atomic E-state index is 12.2. The van der Waals surface area contributed by atoms with Gasteiger partial charge in [0.15, 0.2) is 5.82 Å². The number of aromatic nitrogens is 4. The minimum atomic E-state index is -0.0801. The van der Waals surface area contributed by atoms with Crippen LogP contribution in [-0.4, -0.2) is 25.7 Å². The first-order valence-electron chi connectivity index (χ1n) is 9.04. The van der Waals surface area contributed by atoms with E-state index >= 15 is 0 Å². The highest BCUT2D eigenvalue weighted by atomic mass is 16.1. The number of carbonyl (C=O) groups is 1. The Morgan fingerprint density at radius 1 is 0.893 bits per heavy atom. The van der Waals surface area contributed by atoms with Crippen LogP contribution < -0.4 is 5.32 Å². The van der Waals surface area contributed by atoms with E-state index in [0.717, 1.165) is 16.8 Å². The van der Waals surface area contributed by atoms with Crippen LogP contribution >= 0.6 is 0 Å². The van der Waals surface area contributed by atoms with Crippen molar-refractivity contribution in [3.63, 3.8) is 0 Å². The maximum Gasteiger partial charge on any atom is 0.224 e. The minimum Gasteiger partial charge on any atom is -0.323 e. The lowest BCUT2D eigenvalue weighted by atomic mass is 10.2. The molecule has 0 aliphatic rings. The van der Waals surface area contributed by atoms with Crippen LogP contribution in [-0.2, 0) is 11.2 Å². The molecule has 1 amide bonds. The molecule has 28 heavy (non-hydrogen) atoms. The van der Waals surface area contributed by atoms with Crippen LogP contribution in [0, 0.1) is 0 Å². The molecule has 6 heteroatoms. The summed E-state index contributed by atoms with van der Waals surface area (Å²) in [5.41, 5.74) is 3.53. The summed E-state index contributed by atoms with van der Waals surface area (Å²) >= 11 is 0. The second-order valence-corrected chi connectivity index (χ2v) is 6.34. The van der Waals surface area contributed by atoms with Crippen LogP contribution in [0.4, 0.5) is 5.69 Å². The number of hydrogen-bond acceptors (Lipinski definition) is 4. The van der Waals surface area contributed by atoms with Crippen molar-refractivity contribution in [1.82, 2.24) is 19.7 Å². The second-order valence-electron chi connectivity index (χ2n) is 6.34. The smallest absolute Gasteiger partial charge is 0.224 e. The molecule has 0 bridgehead atoms. The summed E-state index contributed by atoms with van der Waals surface area (Å²) in [7, 11) is 0. The number of hydrogen-bond donors (Lipinski definition) is 1. The van der Waals surface area contributed by atoms with Gasteiger partial charge in [0.1, 0.15) is 0 Å². The van der Waals surface area contributed by atoms with E-state index in [1.165, 1.54) is 0 Å². The van der Waals surface area contributed by atoms with Crippen LogP contribution in [0.1, 0.15) is 12.0 Å². The zero-order chi connectivity index (χ0) is 19.2. The molecule has 2 aromatic carbocycles. The molecule has 0 aliphatic carbocycles. The van der Waals surface area contributed by atoms with Gasteiger partial charge in [-0.2, -0.15) is 5.10 Å². The van der Waals surface area contributed by atoms with Crippen LogP contribution in [0.25, 0.3) is 17.1 Å². The van der Waals surface area contributed by atoms with Crippen molar-refractivity contribution in [2.75, 3.05) is 5.32 Å². The van der Waals surface area contributed by atoms with Gasteiger partial charge in [-0.25, -0.2) is 14.6 Å². The molecule has 0 saturated carbocycles. The van der Waals surface area contributed by atoms with E-state index in [4.69, 9.17) is 0 Å². The normalized spacial score (nSPS) is 10.6. The molecular formula is C22H19N5O. The lowest BCUT2D eigenvalue weighted by Gasteiger charge is -2.05. The van der Waals surface area contributed by atoms with Crippen LogP contribution in [0.15, 0.2) is 85.5 Å². The fraction of sp³-hybridized carbons (Fsp3) is 0.0909. The van der Waals surface area contributed by atoms with Gasteiger partial charge in [-0.1, -0.05) is 48.5 Å². The highest BCUT2D eigenvalue weighted by molar-refractivity contribution is 5.90. The van der Waals surface area contributed by atoms with Crippen LogP contribution in [0.5, 0.6) is 0 Å². The maximum atomic E-state index is 12.2. The van der Waals surface area contributed by atoms with Crippen molar-refractivity contribution in [2.45, 2.75) is 12.8 Å². The molecular weight excluding hydrogens is 350 g/mol. The number of benzene rings is 2. The number of para-hydroxylation sites is 1. The van der Waals surface area contributed by atoms with Crippen molar-refractivity contribution in [3.05, 3.63) is 91.0 Å². The number of nitrogens with one attached hydrogen (secondary N) is 1. The zero-order valence-corrected chi connectivity index (χ0v) is 15.2. The van der Waals surface area contributed by atoms with Crippen LogP contribution in [0.2, 0.25) is 0 Å². The first kappa shape index (κ1) is 17.6. The van der Waals surface area contributed by atoms with E-state index in [0.29, 0.717) is 24.4 Å². The van der Waals surface area contributed by atoms with E-state index in [-0.39, 0.29) is 5.91 Å². The van der Waals surface area contributed by atoms with Gasteiger partial charge in [-0.15, -0.1) is 0 Å². The minimum absolute atomic E-state index is 0.0801. The summed E-state index contributed by atoms with van der Waals surface area (Å²) in [5.74, 6) is 0.551. The Morgan fingerprint density at radius 3 is 2.29 bits per heavy atom. The van der Waals surface area contributed by atoms with Gasteiger partial charge in [0.2, 0.25) is 5.91 Å². The number of amides is 1. The lowest BCUT2D eigenvalue weighted by molar-refractivity contribution is -0.116. The van der Waals surface area contributed by atoms with Gasteiger partial charge < -0.3 is 5.32 Å². The molecule has 4 aromatic rings. The molecule has 1 N–H and O–H groups in total. The average molecular weight is 369 g/mol. The first-order chi connectivity index (χ1) is 13.8. The predicted molar refractivity (Wildman–Crippen MR) is 108 cm³/mol. The van der Waals surface area contributed by atoms with Gasteiger partial charge in [-0.3, -0.25) is 4.79 Å². The van der Waals surface area contributed by atoms with Crippen molar-refractivity contribution >= 4 is 11.6 Å². The molecule has 0 saturated heterocycles. The van der Waals surface area contributed by atoms with Crippen molar-refractivity contribution in [1.29, 1.82) is 0 Å². The highest BCUT2D eigenvalue weighted by Crippen LogP contribution is 2.15. The number of carbonyl (C=O) groups excluding carboxylic acids is 1. The third kappa shape index (κ3) is 4.29. The largest absolute Gasteiger partial charge is 0.323 e. The average Bonchev–Trinajstić information content (AvgIpc) is 3.23. The molecule has 2 heterocycles. The summed E-state index contributed by atoms with van der Waals surface area (Å²) in [6.45, 7) is 0. The second kappa shape index (κ2) is 8.26. The van der Waals surface area contributed by atoms with E-state index < -0.39 is 0 Å². The highest BCUT2D eigenvalue weighted by Gasteiger charge is 2.07. The molecule has 6 nitrogen and oxygen atoms in total. The van der Waals surface area contributed by atoms with E-state index in [2.05, 4.69) is 20.4 Å². The third-order valence-electron chi connectivity index (χ3n) is 4.27. The van der Waals surface area contributed by atoms with Gasteiger partial charge in [0.05, 0.1) is 30.0 Å². The SMILES string of the molecule is O=C(CCc1cnn(-c2ccccc2)c1)Nc1cnc(-c2ccccc2)nc1. The summed E-state index contributed by atoms with van der Waals surface area (Å²) in [6, 6.07) is 19.6. The van der Waals surface area contributed by atoms with Crippen LogP contribution in [0.3, 0.4) is 0 Å². The monoisotopic (exact) mass is 369 g/mol. The molecule has 4 rings (SSSR count). The van der Waals surface area contributed by atoms with Crippen molar-refractivity contribution in [2.24, 2.45) is 0 Å². The Morgan fingerprint density at radius 2 is 1.57 bits per heavy atom. The Labute approximate surface area is 162 Å².